The second-order valence-corrected chi connectivity index (χ2v) is 4.25. The molecule has 1 aromatic carbocycles. The second-order valence-electron chi connectivity index (χ2n) is 4.25. The van der Waals surface area contributed by atoms with Gasteiger partial charge in [-0.05, 0) is 32.4 Å². The molecule has 0 atom stereocenters. The molecule has 0 aliphatic carbocycles. The highest BCUT2D eigenvalue weighted by Crippen LogP contribution is 2.15. The molecule has 2 rings (SSSR count). The van der Waals surface area contributed by atoms with Crippen LogP contribution in [0.2, 0.25) is 0 Å². The summed E-state index contributed by atoms with van der Waals surface area (Å²) < 4.78 is 0. The molecule has 0 fully saturated rings. The predicted molar refractivity (Wildman–Crippen MR) is 73.9 cm³/mol. The zero-order chi connectivity index (χ0) is 13.0. The summed E-state index contributed by atoms with van der Waals surface area (Å²) in [6, 6.07) is 6.19. The van der Waals surface area contributed by atoms with E-state index in [0.29, 0.717) is 0 Å². The Morgan fingerprint density at radius 1 is 1.11 bits per heavy atom. The number of aromatic nitrogens is 2. The standard InChI is InChI=1S/C14H16N4/c1-10-4-5-14(11(2)6-10)18-17-9-13-7-15-12(3)16-8-13/h4-9,18H,1-3H3/b17-9+. The van der Waals surface area contributed by atoms with Crippen LogP contribution in [0.1, 0.15) is 22.5 Å². The molecular weight excluding hydrogens is 224 g/mol. The summed E-state index contributed by atoms with van der Waals surface area (Å²) in [6.45, 7) is 5.98. The van der Waals surface area contributed by atoms with Gasteiger partial charge in [-0.1, -0.05) is 17.7 Å². The summed E-state index contributed by atoms with van der Waals surface area (Å²) in [6.07, 6.45) is 5.20. The number of rotatable bonds is 3. The van der Waals surface area contributed by atoms with Crippen LogP contribution in [0.4, 0.5) is 5.69 Å². The summed E-state index contributed by atoms with van der Waals surface area (Å²) in [7, 11) is 0. The largest absolute Gasteiger partial charge is 0.278 e. The molecule has 0 saturated carbocycles. The Kier molecular flexibility index (Phi) is 3.67. The fourth-order valence-corrected chi connectivity index (χ4v) is 1.58. The number of nitrogens with one attached hydrogen (secondary N) is 1. The summed E-state index contributed by atoms with van der Waals surface area (Å²) in [5.74, 6) is 0.759. The molecule has 0 amide bonds. The molecule has 1 heterocycles. The molecule has 0 saturated heterocycles. The van der Waals surface area contributed by atoms with E-state index in [1.807, 2.05) is 13.0 Å². The SMILES string of the molecule is Cc1ccc(N/N=C/c2cnc(C)nc2)c(C)c1. The number of benzene rings is 1. The van der Waals surface area contributed by atoms with Crippen LogP contribution in [0.15, 0.2) is 35.7 Å². The van der Waals surface area contributed by atoms with Gasteiger partial charge in [0.1, 0.15) is 5.82 Å². The Morgan fingerprint density at radius 3 is 2.50 bits per heavy atom. The molecule has 92 valence electrons. The molecule has 2 aromatic rings. The van der Waals surface area contributed by atoms with Crippen molar-refractivity contribution in [3.05, 3.63) is 53.1 Å². The summed E-state index contributed by atoms with van der Waals surface area (Å²) in [5, 5.41) is 4.18. The molecule has 18 heavy (non-hydrogen) atoms. The van der Waals surface area contributed by atoms with Crippen molar-refractivity contribution in [2.45, 2.75) is 20.8 Å². The maximum atomic E-state index is 4.18. The lowest BCUT2D eigenvalue weighted by Crippen LogP contribution is -1.95. The van der Waals surface area contributed by atoms with E-state index in [4.69, 9.17) is 0 Å². The summed E-state index contributed by atoms with van der Waals surface area (Å²) >= 11 is 0. The molecule has 0 aliphatic rings. The van der Waals surface area contributed by atoms with Crippen LogP contribution in [-0.4, -0.2) is 16.2 Å². The van der Waals surface area contributed by atoms with Gasteiger partial charge in [0, 0.05) is 18.0 Å². The van der Waals surface area contributed by atoms with E-state index in [-0.39, 0.29) is 0 Å². The van der Waals surface area contributed by atoms with Gasteiger partial charge in [0.05, 0.1) is 11.9 Å². The van der Waals surface area contributed by atoms with Gasteiger partial charge in [0.2, 0.25) is 0 Å². The number of nitrogens with zero attached hydrogens (tertiary/aromatic N) is 3. The summed E-state index contributed by atoms with van der Waals surface area (Å²) in [4.78, 5) is 8.21. The van der Waals surface area contributed by atoms with Gasteiger partial charge in [-0.3, -0.25) is 5.43 Å². The van der Waals surface area contributed by atoms with Crippen LogP contribution in [-0.2, 0) is 0 Å². The lowest BCUT2D eigenvalue weighted by Gasteiger charge is -2.05. The van der Waals surface area contributed by atoms with Crippen molar-refractivity contribution in [2.75, 3.05) is 5.43 Å². The fourth-order valence-electron chi connectivity index (χ4n) is 1.58. The van der Waals surface area contributed by atoms with Crippen molar-refractivity contribution in [1.29, 1.82) is 0 Å². The smallest absolute Gasteiger partial charge is 0.125 e. The first-order chi connectivity index (χ1) is 8.65. The van der Waals surface area contributed by atoms with Crippen LogP contribution >= 0.6 is 0 Å². The topological polar surface area (TPSA) is 50.2 Å². The van der Waals surface area contributed by atoms with Crippen LogP contribution in [0.5, 0.6) is 0 Å². The number of hydrogen-bond acceptors (Lipinski definition) is 4. The zero-order valence-corrected chi connectivity index (χ0v) is 10.8. The Morgan fingerprint density at radius 2 is 1.83 bits per heavy atom. The monoisotopic (exact) mass is 240 g/mol. The van der Waals surface area contributed by atoms with Gasteiger partial charge in [0.25, 0.3) is 0 Å². The fraction of sp³-hybridized carbons (Fsp3) is 0.214. The van der Waals surface area contributed by atoms with Gasteiger partial charge in [-0.2, -0.15) is 5.10 Å². The Balaban J connectivity index is 2.05. The van der Waals surface area contributed by atoms with Gasteiger partial charge in [-0.15, -0.1) is 0 Å². The zero-order valence-electron chi connectivity index (χ0n) is 10.8. The van der Waals surface area contributed by atoms with Crippen LogP contribution < -0.4 is 5.43 Å². The van der Waals surface area contributed by atoms with Crippen LogP contribution in [0, 0.1) is 20.8 Å². The minimum absolute atomic E-state index is 0.759. The minimum Gasteiger partial charge on any atom is -0.278 e. The molecule has 0 spiro atoms. The number of hydrogen-bond donors (Lipinski definition) is 1. The van der Waals surface area contributed by atoms with Crippen LogP contribution in [0.25, 0.3) is 0 Å². The average Bonchev–Trinajstić information content (AvgIpc) is 2.34. The van der Waals surface area contributed by atoms with Crippen molar-refractivity contribution < 1.29 is 0 Å². The second kappa shape index (κ2) is 5.40. The van der Waals surface area contributed by atoms with E-state index in [1.54, 1.807) is 18.6 Å². The molecule has 4 heteroatoms. The highest BCUT2D eigenvalue weighted by Gasteiger charge is 1.96. The van der Waals surface area contributed by atoms with Crippen LogP contribution in [0.3, 0.4) is 0 Å². The summed E-state index contributed by atoms with van der Waals surface area (Å²) in [5.41, 5.74) is 7.31. The quantitative estimate of drug-likeness (QED) is 0.663. The Labute approximate surface area is 107 Å². The van der Waals surface area contributed by atoms with E-state index in [0.717, 1.165) is 17.1 Å². The maximum absolute atomic E-state index is 4.18. The maximum Gasteiger partial charge on any atom is 0.125 e. The van der Waals surface area contributed by atoms with Gasteiger partial charge < -0.3 is 0 Å². The average molecular weight is 240 g/mol. The van der Waals surface area contributed by atoms with E-state index >= 15 is 0 Å². The normalized spacial score (nSPS) is 10.8. The van der Waals surface area contributed by atoms with E-state index in [1.165, 1.54) is 11.1 Å². The van der Waals surface area contributed by atoms with Crippen molar-refractivity contribution in [3.63, 3.8) is 0 Å². The lowest BCUT2D eigenvalue weighted by molar-refractivity contribution is 1.05. The first kappa shape index (κ1) is 12.2. The first-order valence-electron chi connectivity index (χ1n) is 5.80. The Hall–Kier alpha value is -2.23. The minimum atomic E-state index is 0.759. The van der Waals surface area contributed by atoms with E-state index in [2.05, 4.69) is 46.5 Å². The van der Waals surface area contributed by atoms with Crippen molar-refractivity contribution in [1.82, 2.24) is 9.97 Å². The molecule has 0 aliphatic heterocycles. The molecule has 0 bridgehead atoms. The molecule has 1 aromatic heterocycles. The van der Waals surface area contributed by atoms with Gasteiger partial charge in [-0.25, -0.2) is 9.97 Å². The molecule has 0 radical (unpaired) electrons. The number of anilines is 1. The van der Waals surface area contributed by atoms with Crippen molar-refractivity contribution >= 4 is 11.9 Å². The third-order valence-corrected chi connectivity index (χ3v) is 2.58. The third kappa shape index (κ3) is 3.13. The molecular formula is C14H16N4. The highest BCUT2D eigenvalue weighted by atomic mass is 15.3. The van der Waals surface area contributed by atoms with E-state index < -0.39 is 0 Å². The van der Waals surface area contributed by atoms with Gasteiger partial charge in [0.15, 0.2) is 0 Å². The highest BCUT2D eigenvalue weighted by molar-refractivity contribution is 5.79. The lowest BCUT2D eigenvalue weighted by atomic mass is 10.1. The predicted octanol–water partition coefficient (Wildman–Crippen LogP) is 2.85. The number of aryl methyl sites for hydroxylation is 3. The third-order valence-electron chi connectivity index (χ3n) is 2.58. The first-order valence-corrected chi connectivity index (χ1v) is 5.80. The number of hydrazone groups is 1. The Bertz CT molecular complexity index is 559. The van der Waals surface area contributed by atoms with Crippen molar-refractivity contribution in [2.24, 2.45) is 5.10 Å². The van der Waals surface area contributed by atoms with E-state index in [9.17, 15) is 0 Å². The van der Waals surface area contributed by atoms with Gasteiger partial charge >= 0.3 is 0 Å². The van der Waals surface area contributed by atoms with Crippen molar-refractivity contribution in [3.8, 4) is 0 Å². The molecule has 4 nitrogen and oxygen atoms in total. The molecule has 1 N–H and O–H groups in total. The molecule has 0 unspecified atom stereocenters.